The molecule has 1 aliphatic heterocycles. The van der Waals surface area contributed by atoms with Crippen molar-refractivity contribution in [2.45, 2.75) is 13.0 Å². The third-order valence-corrected chi connectivity index (χ3v) is 2.83. The molecule has 1 aromatic rings. The molecule has 0 fully saturated rings. The summed E-state index contributed by atoms with van der Waals surface area (Å²) in [4.78, 5) is 47.5. The number of imide groups is 1. The van der Waals surface area contributed by atoms with Crippen molar-refractivity contribution in [3.8, 4) is 0 Å². The lowest BCUT2D eigenvalue weighted by molar-refractivity contribution is -0.157. The number of nitrogens with zero attached hydrogens (tertiary/aromatic N) is 1. The highest BCUT2D eigenvalue weighted by Crippen LogP contribution is 2.25. The Bertz CT molecular complexity index is 579. The summed E-state index contributed by atoms with van der Waals surface area (Å²) in [6, 6.07) is 3.93. The van der Waals surface area contributed by atoms with E-state index in [0.29, 0.717) is 4.90 Å². The van der Waals surface area contributed by atoms with Crippen LogP contribution in [0.15, 0.2) is 24.3 Å². The van der Waals surface area contributed by atoms with Gasteiger partial charge < -0.3 is 9.84 Å². The Labute approximate surface area is 125 Å². The van der Waals surface area contributed by atoms with E-state index in [0.717, 1.165) is 0 Å². The summed E-state index contributed by atoms with van der Waals surface area (Å²) in [6.07, 6.45) is 0. The lowest BCUT2D eigenvalue weighted by Gasteiger charge is -2.20. The quantitative estimate of drug-likeness (QED) is 0.499. The van der Waals surface area contributed by atoms with Gasteiger partial charge in [0.05, 0.1) is 17.7 Å². The SMILES string of the molecule is CCOC(=O)C(C(=O)O)N1C(=O)c2ccccc2C1=O.Cl. The van der Waals surface area contributed by atoms with E-state index in [-0.39, 0.29) is 30.1 Å². The van der Waals surface area contributed by atoms with E-state index in [9.17, 15) is 19.2 Å². The Hall–Kier alpha value is -2.41. The van der Waals surface area contributed by atoms with Gasteiger partial charge in [-0.25, -0.2) is 14.5 Å². The molecule has 2 rings (SSSR count). The second-order valence-corrected chi connectivity index (χ2v) is 4.02. The van der Waals surface area contributed by atoms with Crippen LogP contribution in [0.5, 0.6) is 0 Å². The lowest BCUT2D eigenvalue weighted by Crippen LogP contribution is -2.50. The maximum Gasteiger partial charge on any atom is 0.341 e. The smallest absolute Gasteiger partial charge is 0.341 e. The molecule has 7 nitrogen and oxygen atoms in total. The van der Waals surface area contributed by atoms with Crippen molar-refractivity contribution in [1.29, 1.82) is 0 Å². The minimum atomic E-state index is -1.97. The normalized spacial score (nSPS) is 14.2. The number of carboxylic acid groups (broad SMARTS) is 1. The maximum atomic E-state index is 12.1. The number of carboxylic acids is 1. The number of benzene rings is 1. The van der Waals surface area contributed by atoms with Crippen LogP contribution in [0.2, 0.25) is 0 Å². The Kier molecular flexibility index (Phi) is 5.04. The molecule has 1 N–H and O–H groups in total. The monoisotopic (exact) mass is 313 g/mol. The molecule has 0 spiro atoms. The Morgan fingerprint density at radius 1 is 1.19 bits per heavy atom. The summed E-state index contributed by atoms with van der Waals surface area (Å²) in [7, 11) is 0. The van der Waals surface area contributed by atoms with Crippen LogP contribution < -0.4 is 0 Å². The highest BCUT2D eigenvalue weighted by Gasteiger charge is 2.47. The highest BCUT2D eigenvalue weighted by atomic mass is 35.5. The van der Waals surface area contributed by atoms with E-state index in [1.54, 1.807) is 12.1 Å². The van der Waals surface area contributed by atoms with Crippen molar-refractivity contribution in [1.82, 2.24) is 4.90 Å². The molecule has 0 saturated carbocycles. The molecule has 1 aliphatic rings. The second-order valence-electron chi connectivity index (χ2n) is 4.02. The van der Waals surface area contributed by atoms with Gasteiger partial charge >= 0.3 is 11.9 Å². The van der Waals surface area contributed by atoms with Crippen molar-refractivity contribution < 1.29 is 29.0 Å². The van der Waals surface area contributed by atoms with Crippen LogP contribution in [0.25, 0.3) is 0 Å². The molecule has 21 heavy (non-hydrogen) atoms. The van der Waals surface area contributed by atoms with Crippen molar-refractivity contribution >= 4 is 36.2 Å². The molecule has 0 aliphatic carbocycles. The number of hydrogen-bond acceptors (Lipinski definition) is 5. The lowest BCUT2D eigenvalue weighted by atomic mass is 10.1. The van der Waals surface area contributed by atoms with Gasteiger partial charge in [0, 0.05) is 0 Å². The molecule has 1 unspecified atom stereocenters. The summed E-state index contributed by atoms with van der Waals surface area (Å²) in [5, 5.41) is 9.10. The summed E-state index contributed by atoms with van der Waals surface area (Å²) < 4.78 is 4.61. The van der Waals surface area contributed by atoms with Crippen molar-refractivity contribution in [3.05, 3.63) is 35.4 Å². The first-order valence-electron chi connectivity index (χ1n) is 5.85. The molecule has 0 radical (unpaired) electrons. The van der Waals surface area contributed by atoms with Gasteiger partial charge in [0.15, 0.2) is 0 Å². The van der Waals surface area contributed by atoms with Gasteiger partial charge in [0.2, 0.25) is 6.04 Å². The molecule has 0 bridgehead atoms. The zero-order valence-electron chi connectivity index (χ0n) is 10.9. The third kappa shape index (κ3) is 2.73. The number of halogens is 1. The van der Waals surface area contributed by atoms with Gasteiger partial charge in [0.1, 0.15) is 0 Å². The number of esters is 1. The molecule has 112 valence electrons. The summed E-state index contributed by atoms with van der Waals surface area (Å²) >= 11 is 0. The fourth-order valence-corrected chi connectivity index (χ4v) is 1.98. The topological polar surface area (TPSA) is 101 Å². The summed E-state index contributed by atoms with van der Waals surface area (Å²) in [5.41, 5.74) is 0.154. The number of carbonyl (C=O) groups excluding carboxylic acids is 3. The summed E-state index contributed by atoms with van der Waals surface area (Å²) in [5.74, 6) is -4.38. The van der Waals surface area contributed by atoms with E-state index in [2.05, 4.69) is 4.74 Å². The third-order valence-electron chi connectivity index (χ3n) is 2.83. The van der Waals surface area contributed by atoms with Gasteiger partial charge in [0.25, 0.3) is 11.8 Å². The minimum absolute atomic E-state index is 0. The van der Waals surface area contributed by atoms with E-state index in [1.165, 1.54) is 19.1 Å². The molecule has 0 saturated heterocycles. The van der Waals surface area contributed by atoms with Crippen LogP contribution in [0.4, 0.5) is 0 Å². The van der Waals surface area contributed by atoms with Crippen molar-refractivity contribution in [3.63, 3.8) is 0 Å². The Morgan fingerprint density at radius 3 is 2.05 bits per heavy atom. The standard InChI is InChI=1S/C13H11NO6.ClH/c1-2-20-13(19)9(12(17)18)14-10(15)7-5-3-4-6-8(7)11(14)16;/h3-6,9H,2H2,1H3,(H,17,18);1H. The molecule has 2 amide bonds. The number of carbonyl (C=O) groups is 4. The van der Waals surface area contributed by atoms with Gasteiger partial charge in [-0.2, -0.15) is 0 Å². The first-order valence-corrected chi connectivity index (χ1v) is 5.85. The van der Waals surface area contributed by atoms with Crippen LogP contribution in [0.1, 0.15) is 27.6 Å². The van der Waals surface area contributed by atoms with Crippen molar-refractivity contribution in [2.24, 2.45) is 0 Å². The fourth-order valence-electron chi connectivity index (χ4n) is 1.98. The second kappa shape index (κ2) is 6.36. The van der Waals surface area contributed by atoms with Gasteiger partial charge in [-0.3, -0.25) is 9.59 Å². The Morgan fingerprint density at radius 2 is 1.67 bits per heavy atom. The number of rotatable bonds is 4. The number of aliphatic carboxylic acids is 1. The molecular formula is C13H12ClNO6. The Balaban J connectivity index is 0.00000220. The first kappa shape index (κ1) is 16.6. The summed E-state index contributed by atoms with van der Waals surface area (Å²) in [6.45, 7) is 1.45. The van der Waals surface area contributed by atoms with E-state index < -0.39 is 29.8 Å². The predicted molar refractivity (Wildman–Crippen MR) is 72.2 cm³/mol. The van der Waals surface area contributed by atoms with Gasteiger partial charge in [-0.1, -0.05) is 12.1 Å². The average molecular weight is 314 g/mol. The molecular weight excluding hydrogens is 302 g/mol. The van der Waals surface area contributed by atoms with Crippen LogP contribution in [-0.4, -0.2) is 46.4 Å². The van der Waals surface area contributed by atoms with Gasteiger partial charge in [-0.05, 0) is 19.1 Å². The maximum absolute atomic E-state index is 12.1. The van der Waals surface area contributed by atoms with Crippen LogP contribution in [0, 0.1) is 0 Å². The van der Waals surface area contributed by atoms with E-state index in [1.807, 2.05) is 0 Å². The fraction of sp³-hybridized carbons (Fsp3) is 0.231. The zero-order chi connectivity index (χ0) is 14.9. The number of ether oxygens (including phenoxy) is 1. The van der Waals surface area contributed by atoms with Crippen molar-refractivity contribution in [2.75, 3.05) is 6.61 Å². The van der Waals surface area contributed by atoms with Crippen LogP contribution in [0.3, 0.4) is 0 Å². The largest absolute Gasteiger partial charge is 0.479 e. The molecule has 8 heteroatoms. The zero-order valence-corrected chi connectivity index (χ0v) is 11.8. The van der Waals surface area contributed by atoms with E-state index >= 15 is 0 Å². The van der Waals surface area contributed by atoms with E-state index in [4.69, 9.17) is 5.11 Å². The van der Waals surface area contributed by atoms with Crippen LogP contribution >= 0.6 is 12.4 Å². The molecule has 1 atom stereocenters. The molecule has 1 aromatic carbocycles. The predicted octanol–water partition coefficient (Wildman–Crippen LogP) is 0.721. The molecule has 1 heterocycles. The number of fused-ring (bicyclic) bond motifs is 1. The van der Waals surface area contributed by atoms with Crippen LogP contribution in [-0.2, 0) is 14.3 Å². The first-order chi connectivity index (χ1) is 9.49. The average Bonchev–Trinajstić information content (AvgIpc) is 2.65. The van der Waals surface area contributed by atoms with Gasteiger partial charge in [-0.15, -0.1) is 12.4 Å². The highest BCUT2D eigenvalue weighted by molar-refractivity contribution is 6.24. The number of hydrogen-bond donors (Lipinski definition) is 1. The minimum Gasteiger partial charge on any atom is -0.479 e. The molecule has 0 aromatic heterocycles. The number of amides is 2.